The van der Waals surface area contributed by atoms with Gasteiger partial charge in [0.1, 0.15) is 0 Å². The molecule has 3 nitrogen and oxygen atoms in total. The fourth-order valence-electron chi connectivity index (χ4n) is 0.813. The lowest BCUT2D eigenvalue weighted by atomic mass is 10.3. The molecule has 0 aliphatic rings. The second-order valence-corrected chi connectivity index (χ2v) is 3.33. The van der Waals surface area contributed by atoms with Gasteiger partial charge in [-0.3, -0.25) is 4.98 Å². The smallest absolute Gasteiger partial charge is 0.328 e. The van der Waals surface area contributed by atoms with Crippen LogP contribution in [0, 0.1) is 6.92 Å². The second kappa shape index (κ2) is 4.18. The molecule has 0 saturated carbocycles. The number of aliphatic carboxylic acids is 1. The van der Waals surface area contributed by atoms with Gasteiger partial charge in [-0.05, 0) is 41.1 Å². The summed E-state index contributed by atoms with van der Waals surface area (Å²) in [6.45, 7) is 1.85. The molecular weight excluding hydrogens is 234 g/mol. The highest BCUT2D eigenvalue weighted by molar-refractivity contribution is 9.10. The molecule has 0 aliphatic heterocycles. The zero-order valence-corrected chi connectivity index (χ0v) is 8.58. The van der Waals surface area contributed by atoms with Crippen LogP contribution in [0.1, 0.15) is 11.4 Å². The van der Waals surface area contributed by atoms with Crippen LogP contribution in [-0.4, -0.2) is 16.1 Å². The van der Waals surface area contributed by atoms with E-state index in [-0.39, 0.29) is 0 Å². The molecule has 1 aromatic heterocycles. The average Bonchev–Trinajstić information content (AvgIpc) is 2.07. The number of carboxylic acid groups (broad SMARTS) is 1. The highest BCUT2D eigenvalue weighted by Crippen LogP contribution is 2.14. The Bertz CT molecular complexity index is 361. The van der Waals surface area contributed by atoms with E-state index in [0.717, 1.165) is 16.2 Å². The number of aromatic nitrogens is 1. The van der Waals surface area contributed by atoms with E-state index in [9.17, 15) is 4.79 Å². The van der Waals surface area contributed by atoms with Crippen molar-refractivity contribution in [3.63, 3.8) is 0 Å². The molecular formula is C9H8BrNO2. The quantitative estimate of drug-likeness (QED) is 0.809. The highest BCUT2D eigenvalue weighted by atomic mass is 79.9. The maximum Gasteiger partial charge on any atom is 0.328 e. The highest BCUT2D eigenvalue weighted by Gasteiger charge is 1.96. The van der Waals surface area contributed by atoms with Gasteiger partial charge in [0.2, 0.25) is 0 Å². The number of hydrogen-bond donors (Lipinski definition) is 1. The van der Waals surface area contributed by atoms with E-state index in [1.165, 1.54) is 6.08 Å². The van der Waals surface area contributed by atoms with Gasteiger partial charge in [-0.15, -0.1) is 0 Å². The van der Waals surface area contributed by atoms with Crippen molar-refractivity contribution in [3.8, 4) is 0 Å². The standard InChI is InChI=1S/C9H8BrNO2/c1-6-8(10)4-2-7(11-6)3-5-9(12)13/h2-5H,1H3,(H,12,13)/b5-3+. The third-order valence-corrected chi connectivity index (χ3v) is 2.28. The average molecular weight is 242 g/mol. The Morgan fingerprint density at radius 2 is 2.31 bits per heavy atom. The molecule has 0 saturated heterocycles. The molecule has 0 bridgehead atoms. The first-order chi connectivity index (χ1) is 6.09. The molecule has 0 unspecified atom stereocenters. The molecule has 0 fully saturated rings. The van der Waals surface area contributed by atoms with Gasteiger partial charge in [0.15, 0.2) is 0 Å². The van der Waals surface area contributed by atoms with Crippen molar-refractivity contribution >= 4 is 28.0 Å². The lowest BCUT2D eigenvalue weighted by Crippen LogP contribution is -1.89. The van der Waals surface area contributed by atoms with E-state index in [0.29, 0.717) is 5.69 Å². The summed E-state index contributed by atoms with van der Waals surface area (Å²) in [4.78, 5) is 14.3. The monoisotopic (exact) mass is 241 g/mol. The second-order valence-electron chi connectivity index (χ2n) is 2.47. The van der Waals surface area contributed by atoms with Crippen LogP contribution >= 0.6 is 15.9 Å². The van der Waals surface area contributed by atoms with Gasteiger partial charge in [0.05, 0.1) is 11.4 Å². The normalized spacial score (nSPS) is 10.6. The number of rotatable bonds is 2. The molecule has 68 valence electrons. The minimum atomic E-state index is -0.970. The van der Waals surface area contributed by atoms with Gasteiger partial charge < -0.3 is 5.11 Å². The Labute approximate surface area is 84.2 Å². The van der Waals surface area contributed by atoms with Crippen LogP contribution in [0.4, 0.5) is 0 Å². The van der Waals surface area contributed by atoms with Gasteiger partial charge in [-0.25, -0.2) is 4.79 Å². The number of hydrogen-bond acceptors (Lipinski definition) is 2. The molecule has 0 amide bonds. The predicted octanol–water partition coefficient (Wildman–Crippen LogP) is 2.25. The Balaban J connectivity index is 2.92. The Morgan fingerprint density at radius 3 is 2.85 bits per heavy atom. The zero-order valence-electron chi connectivity index (χ0n) is 6.99. The summed E-state index contributed by atoms with van der Waals surface area (Å²) in [5.74, 6) is -0.970. The van der Waals surface area contributed by atoms with E-state index in [1.54, 1.807) is 6.07 Å². The Morgan fingerprint density at radius 1 is 1.62 bits per heavy atom. The molecule has 0 atom stereocenters. The summed E-state index contributed by atoms with van der Waals surface area (Å²) in [6.07, 6.45) is 2.53. The van der Waals surface area contributed by atoms with Crippen molar-refractivity contribution in [2.75, 3.05) is 0 Å². The molecule has 1 heterocycles. The van der Waals surface area contributed by atoms with E-state index >= 15 is 0 Å². The third-order valence-electron chi connectivity index (χ3n) is 1.44. The molecule has 1 rings (SSSR count). The van der Waals surface area contributed by atoms with Gasteiger partial charge in [0, 0.05) is 10.5 Å². The molecule has 0 radical (unpaired) electrons. The zero-order chi connectivity index (χ0) is 9.84. The van der Waals surface area contributed by atoms with Crippen LogP contribution in [0.25, 0.3) is 6.08 Å². The van der Waals surface area contributed by atoms with Crippen molar-refractivity contribution in [3.05, 3.63) is 34.1 Å². The van der Waals surface area contributed by atoms with E-state index in [2.05, 4.69) is 20.9 Å². The largest absolute Gasteiger partial charge is 0.478 e. The van der Waals surface area contributed by atoms with Gasteiger partial charge in [0.25, 0.3) is 0 Å². The van der Waals surface area contributed by atoms with Gasteiger partial charge in [-0.2, -0.15) is 0 Å². The third kappa shape index (κ3) is 2.99. The minimum absolute atomic E-state index is 0.642. The molecule has 0 aliphatic carbocycles. The number of carbonyl (C=O) groups is 1. The summed E-state index contributed by atoms with van der Waals surface area (Å²) in [6, 6.07) is 3.58. The van der Waals surface area contributed by atoms with Gasteiger partial charge >= 0.3 is 5.97 Å². The number of nitrogens with zero attached hydrogens (tertiary/aromatic N) is 1. The minimum Gasteiger partial charge on any atom is -0.478 e. The number of pyridine rings is 1. The van der Waals surface area contributed by atoms with Crippen molar-refractivity contribution < 1.29 is 9.90 Å². The van der Waals surface area contributed by atoms with E-state index < -0.39 is 5.97 Å². The van der Waals surface area contributed by atoms with Crippen molar-refractivity contribution in [1.29, 1.82) is 0 Å². The summed E-state index contributed by atoms with van der Waals surface area (Å²) < 4.78 is 0.917. The first kappa shape index (κ1) is 9.92. The lowest BCUT2D eigenvalue weighted by molar-refractivity contribution is -0.131. The number of halogens is 1. The Hall–Kier alpha value is -1.16. The Kier molecular flexibility index (Phi) is 3.19. The van der Waals surface area contributed by atoms with Crippen LogP contribution in [-0.2, 0) is 4.79 Å². The molecule has 0 spiro atoms. The maximum atomic E-state index is 10.2. The van der Waals surface area contributed by atoms with E-state index in [1.807, 2.05) is 13.0 Å². The molecule has 1 aromatic rings. The van der Waals surface area contributed by atoms with Crippen molar-refractivity contribution in [1.82, 2.24) is 4.98 Å². The summed E-state index contributed by atoms with van der Waals surface area (Å²) in [7, 11) is 0. The van der Waals surface area contributed by atoms with Crippen LogP contribution in [0.15, 0.2) is 22.7 Å². The first-order valence-electron chi connectivity index (χ1n) is 3.64. The van der Waals surface area contributed by atoms with Crippen LogP contribution < -0.4 is 0 Å². The van der Waals surface area contributed by atoms with Crippen LogP contribution in [0.3, 0.4) is 0 Å². The number of carboxylic acids is 1. The predicted molar refractivity (Wildman–Crippen MR) is 53.3 cm³/mol. The van der Waals surface area contributed by atoms with Gasteiger partial charge in [-0.1, -0.05) is 0 Å². The molecule has 0 aromatic carbocycles. The van der Waals surface area contributed by atoms with Crippen LogP contribution in [0.2, 0.25) is 0 Å². The van der Waals surface area contributed by atoms with Crippen molar-refractivity contribution in [2.24, 2.45) is 0 Å². The van der Waals surface area contributed by atoms with E-state index in [4.69, 9.17) is 5.11 Å². The SMILES string of the molecule is Cc1nc(/C=C/C(=O)O)ccc1Br. The van der Waals surface area contributed by atoms with Crippen molar-refractivity contribution in [2.45, 2.75) is 6.92 Å². The lowest BCUT2D eigenvalue weighted by Gasteiger charge is -1.97. The fourth-order valence-corrected chi connectivity index (χ4v) is 1.03. The maximum absolute atomic E-state index is 10.2. The first-order valence-corrected chi connectivity index (χ1v) is 4.43. The summed E-state index contributed by atoms with van der Waals surface area (Å²) in [5, 5.41) is 8.37. The van der Waals surface area contributed by atoms with Crippen LogP contribution in [0.5, 0.6) is 0 Å². The molecule has 1 N–H and O–H groups in total. The fraction of sp³-hybridized carbons (Fsp3) is 0.111. The summed E-state index contributed by atoms with van der Waals surface area (Å²) in [5.41, 5.74) is 1.48. The molecule has 13 heavy (non-hydrogen) atoms. The molecule has 4 heteroatoms. The number of aryl methyl sites for hydroxylation is 1. The summed E-state index contributed by atoms with van der Waals surface area (Å²) >= 11 is 3.31. The topological polar surface area (TPSA) is 50.2 Å².